The van der Waals surface area contributed by atoms with Crippen molar-refractivity contribution in [3.8, 4) is 5.75 Å². The van der Waals surface area contributed by atoms with E-state index in [2.05, 4.69) is 4.98 Å². The molecule has 3 aromatic rings. The van der Waals surface area contributed by atoms with Crippen molar-refractivity contribution in [1.82, 2.24) is 9.38 Å². The second kappa shape index (κ2) is 7.35. The molecule has 1 atom stereocenters. The van der Waals surface area contributed by atoms with Gasteiger partial charge in [0.05, 0.1) is 5.69 Å². The number of carbonyl (C=O) groups is 1. The molecule has 2 aromatic heterocycles. The third-order valence-electron chi connectivity index (χ3n) is 3.75. The zero-order valence-corrected chi connectivity index (χ0v) is 14.3. The van der Waals surface area contributed by atoms with Gasteiger partial charge in [0.1, 0.15) is 23.8 Å². The smallest absolute Gasteiger partial charge is 0.347 e. The summed E-state index contributed by atoms with van der Waals surface area (Å²) in [6.45, 7) is 3.19. The second-order valence-electron chi connectivity index (χ2n) is 5.77. The summed E-state index contributed by atoms with van der Waals surface area (Å²) in [6.07, 6.45) is -0.885. The normalized spacial score (nSPS) is 12.0. The van der Waals surface area contributed by atoms with E-state index in [0.29, 0.717) is 17.1 Å². The highest BCUT2D eigenvalue weighted by molar-refractivity contribution is 5.74. The highest BCUT2D eigenvalue weighted by atomic mass is 19.1. The van der Waals surface area contributed by atoms with Crippen molar-refractivity contribution < 1.29 is 18.7 Å². The fraction of sp³-hybridized carbons (Fsp3) is 0.211. The van der Waals surface area contributed by atoms with Crippen LogP contribution in [0.25, 0.3) is 5.65 Å². The number of fused-ring (bicyclic) bond motifs is 1. The summed E-state index contributed by atoms with van der Waals surface area (Å²) in [5, 5.41) is 0. The molecule has 0 aliphatic heterocycles. The Bertz CT molecular complexity index is 999. The first-order chi connectivity index (χ1) is 12.4. The van der Waals surface area contributed by atoms with Crippen molar-refractivity contribution in [3.05, 3.63) is 76.1 Å². The first kappa shape index (κ1) is 17.6. The van der Waals surface area contributed by atoms with Gasteiger partial charge in [-0.15, -0.1) is 0 Å². The summed E-state index contributed by atoms with van der Waals surface area (Å²) in [6, 6.07) is 12.0. The van der Waals surface area contributed by atoms with Gasteiger partial charge >= 0.3 is 5.97 Å². The zero-order chi connectivity index (χ0) is 18.7. The average Bonchev–Trinajstić information content (AvgIpc) is 2.61. The molecular weight excluding hydrogens is 339 g/mol. The number of rotatable bonds is 5. The summed E-state index contributed by atoms with van der Waals surface area (Å²) in [7, 11) is 0. The van der Waals surface area contributed by atoms with E-state index in [1.165, 1.54) is 41.7 Å². The van der Waals surface area contributed by atoms with E-state index in [4.69, 9.17) is 9.47 Å². The molecule has 134 valence electrons. The summed E-state index contributed by atoms with van der Waals surface area (Å²) < 4.78 is 24.9. The van der Waals surface area contributed by atoms with E-state index in [1.807, 2.05) is 13.0 Å². The van der Waals surface area contributed by atoms with E-state index in [1.54, 1.807) is 12.1 Å². The molecule has 0 spiro atoms. The Morgan fingerprint density at radius 1 is 1.23 bits per heavy atom. The number of hydrogen-bond acceptors (Lipinski definition) is 5. The molecule has 2 heterocycles. The molecule has 0 radical (unpaired) electrons. The van der Waals surface area contributed by atoms with Gasteiger partial charge in [-0.25, -0.2) is 14.2 Å². The maximum absolute atomic E-state index is 12.9. The number of nitrogens with zero attached hydrogens (tertiary/aromatic N) is 2. The topological polar surface area (TPSA) is 69.9 Å². The van der Waals surface area contributed by atoms with Gasteiger partial charge in [-0.1, -0.05) is 6.07 Å². The van der Waals surface area contributed by atoms with Crippen LogP contribution in [0.4, 0.5) is 4.39 Å². The van der Waals surface area contributed by atoms with E-state index in [0.717, 1.165) is 5.69 Å². The molecule has 0 aliphatic rings. The van der Waals surface area contributed by atoms with Crippen LogP contribution in [0.1, 0.15) is 18.3 Å². The number of carbonyl (C=O) groups excluding carboxylic acids is 1. The third kappa shape index (κ3) is 3.88. The standard InChI is InChI=1S/C19H17FN2O4/c1-12-4-3-5-17-21-15(10-18(23)22(12)17)11-25-19(24)13(2)26-16-8-6-14(20)7-9-16/h3-10,13H,11H2,1-2H3/t13-/m0/s1. The molecule has 6 nitrogen and oxygen atoms in total. The van der Waals surface area contributed by atoms with Gasteiger partial charge in [0.2, 0.25) is 0 Å². The minimum absolute atomic E-state index is 0.143. The maximum atomic E-state index is 12.9. The number of ether oxygens (including phenoxy) is 2. The number of benzene rings is 1. The quantitative estimate of drug-likeness (QED) is 0.658. The van der Waals surface area contributed by atoms with Gasteiger partial charge in [0, 0.05) is 11.8 Å². The summed E-state index contributed by atoms with van der Waals surface area (Å²) in [5.41, 5.74) is 1.36. The van der Waals surface area contributed by atoms with Gasteiger partial charge < -0.3 is 9.47 Å². The van der Waals surface area contributed by atoms with Crippen LogP contribution < -0.4 is 10.3 Å². The van der Waals surface area contributed by atoms with Gasteiger partial charge in [0.25, 0.3) is 5.56 Å². The Morgan fingerprint density at radius 2 is 1.96 bits per heavy atom. The molecular formula is C19H17FN2O4. The van der Waals surface area contributed by atoms with Crippen molar-refractivity contribution in [1.29, 1.82) is 0 Å². The van der Waals surface area contributed by atoms with Crippen LogP contribution >= 0.6 is 0 Å². The molecule has 0 fully saturated rings. The zero-order valence-electron chi connectivity index (χ0n) is 14.3. The lowest BCUT2D eigenvalue weighted by molar-refractivity contribution is -0.152. The Morgan fingerprint density at radius 3 is 2.69 bits per heavy atom. The number of hydrogen-bond donors (Lipinski definition) is 0. The minimum atomic E-state index is -0.885. The third-order valence-corrected chi connectivity index (χ3v) is 3.75. The Hall–Kier alpha value is -3.22. The van der Waals surface area contributed by atoms with E-state index in [-0.39, 0.29) is 12.2 Å². The highest BCUT2D eigenvalue weighted by Crippen LogP contribution is 2.14. The van der Waals surface area contributed by atoms with Crippen molar-refractivity contribution in [3.63, 3.8) is 0 Å². The number of aryl methyl sites for hydroxylation is 1. The average molecular weight is 356 g/mol. The van der Waals surface area contributed by atoms with E-state index >= 15 is 0 Å². The molecule has 0 saturated carbocycles. The molecule has 0 N–H and O–H groups in total. The minimum Gasteiger partial charge on any atom is -0.479 e. The van der Waals surface area contributed by atoms with Crippen LogP contribution in [0.15, 0.2) is 53.3 Å². The van der Waals surface area contributed by atoms with Crippen LogP contribution in [0.2, 0.25) is 0 Å². The molecule has 0 amide bonds. The Labute approximate surface area is 148 Å². The van der Waals surface area contributed by atoms with Crippen LogP contribution in [-0.4, -0.2) is 21.5 Å². The van der Waals surface area contributed by atoms with E-state index < -0.39 is 17.9 Å². The fourth-order valence-corrected chi connectivity index (χ4v) is 2.47. The van der Waals surface area contributed by atoms with Crippen molar-refractivity contribution in [2.24, 2.45) is 0 Å². The lowest BCUT2D eigenvalue weighted by Gasteiger charge is -2.14. The first-order valence-electron chi connectivity index (χ1n) is 8.01. The summed E-state index contributed by atoms with van der Waals surface area (Å²) in [5.74, 6) is -0.648. The maximum Gasteiger partial charge on any atom is 0.347 e. The summed E-state index contributed by atoms with van der Waals surface area (Å²) >= 11 is 0. The monoisotopic (exact) mass is 356 g/mol. The van der Waals surface area contributed by atoms with Gasteiger partial charge in [0.15, 0.2) is 6.10 Å². The lowest BCUT2D eigenvalue weighted by atomic mass is 10.3. The van der Waals surface area contributed by atoms with Crippen LogP contribution in [-0.2, 0) is 16.1 Å². The first-order valence-corrected chi connectivity index (χ1v) is 8.01. The molecule has 7 heteroatoms. The Balaban J connectivity index is 1.66. The number of aromatic nitrogens is 2. The molecule has 0 unspecified atom stereocenters. The predicted molar refractivity (Wildman–Crippen MR) is 92.5 cm³/mol. The largest absolute Gasteiger partial charge is 0.479 e. The van der Waals surface area contributed by atoms with Crippen LogP contribution in [0.5, 0.6) is 5.75 Å². The number of esters is 1. The van der Waals surface area contributed by atoms with Gasteiger partial charge in [-0.05, 0) is 50.2 Å². The molecule has 0 aliphatic carbocycles. The molecule has 0 bridgehead atoms. The SMILES string of the molecule is Cc1cccc2nc(COC(=O)[C@H](C)Oc3ccc(F)cc3)cc(=O)n12. The van der Waals surface area contributed by atoms with Crippen LogP contribution in [0.3, 0.4) is 0 Å². The van der Waals surface area contributed by atoms with Crippen molar-refractivity contribution in [2.75, 3.05) is 0 Å². The fourth-order valence-electron chi connectivity index (χ4n) is 2.47. The van der Waals surface area contributed by atoms with Crippen molar-refractivity contribution >= 4 is 11.6 Å². The lowest BCUT2D eigenvalue weighted by Crippen LogP contribution is -2.26. The van der Waals surface area contributed by atoms with E-state index in [9.17, 15) is 14.0 Å². The molecule has 3 rings (SSSR count). The highest BCUT2D eigenvalue weighted by Gasteiger charge is 2.17. The predicted octanol–water partition coefficient (Wildman–Crippen LogP) is 2.65. The number of pyridine rings is 1. The van der Waals surface area contributed by atoms with Gasteiger partial charge in [-0.2, -0.15) is 0 Å². The summed E-state index contributed by atoms with van der Waals surface area (Å²) in [4.78, 5) is 28.6. The molecule has 26 heavy (non-hydrogen) atoms. The second-order valence-corrected chi connectivity index (χ2v) is 5.77. The molecule has 0 saturated heterocycles. The molecule has 1 aromatic carbocycles. The van der Waals surface area contributed by atoms with Crippen LogP contribution in [0, 0.1) is 12.7 Å². The van der Waals surface area contributed by atoms with Gasteiger partial charge in [-0.3, -0.25) is 9.20 Å². The van der Waals surface area contributed by atoms with Crippen molar-refractivity contribution in [2.45, 2.75) is 26.6 Å². The Kier molecular flexibility index (Phi) is 4.97. The number of halogens is 1.